The summed E-state index contributed by atoms with van der Waals surface area (Å²) in [6.45, 7) is 8.07. The Morgan fingerprint density at radius 3 is 2.45 bits per heavy atom. The molecule has 0 atom stereocenters. The number of hydrogen-bond acceptors (Lipinski definition) is 3. The minimum Gasteiger partial charge on any atom is -0.442 e. The number of rotatable bonds is 5. The van der Waals surface area contributed by atoms with Crippen LogP contribution in [-0.2, 0) is 16.2 Å². The molecule has 0 heterocycles. The molecule has 0 unspecified atom stereocenters. The van der Waals surface area contributed by atoms with Gasteiger partial charge in [-0.15, -0.1) is 0 Å². The standard InChI is InChI=1S/C16H23NO3/c1-5-6-12-17(15(18)20-16(2,3)4)19-13-14-10-8-7-9-11-14/h5-11H,12-13H2,1-4H3/b6-5+. The van der Waals surface area contributed by atoms with Crippen molar-refractivity contribution >= 4 is 6.09 Å². The van der Waals surface area contributed by atoms with Crippen LogP contribution in [0.1, 0.15) is 33.3 Å². The Bertz CT molecular complexity index is 435. The third-order valence-electron chi connectivity index (χ3n) is 2.33. The highest BCUT2D eigenvalue weighted by atomic mass is 16.7. The molecule has 4 heteroatoms. The summed E-state index contributed by atoms with van der Waals surface area (Å²) in [6, 6.07) is 9.70. The van der Waals surface area contributed by atoms with E-state index in [-0.39, 0.29) is 0 Å². The molecule has 1 rings (SSSR count). The molecule has 1 aromatic carbocycles. The summed E-state index contributed by atoms with van der Waals surface area (Å²) in [5.74, 6) is 0. The first-order valence-electron chi connectivity index (χ1n) is 6.71. The van der Waals surface area contributed by atoms with Gasteiger partial charge in [0.2, 0.25) is 0 Å². The molecule has 0 fully saturated rings. The van der Waals surface area contributed by atoms with Crippen LogP contribution in [0.15, 0.2) is 42.5 Å². The quantitative estimate of drug-likeness (QED) is 0.604. The van der Waals surface area contributed by atoms with Crippen LogP contribution < -0.4 is 0 Å². The van der Waals surface area contributed by atoms with E-state index in [4.69, 9.17) is 9.57 Å². The topological polar surface area (TPSA) is 38.8 Å². The van der Waals surface area contributed by atoms with Crippen LogP contribution in [0.4, 0.5) is 4.79 Å². The fourth-order valence-electron chi connectivity index (χ4n) is 1.42. The van der Waals surface area contributed by atoms with Gasteiger partial charge in [-0.3, -0.25) is 4.84 Å². The Morgan fingerprint density at radius 1 is 1.25 bits per heavy atom. The lowest BCUT2D eigenvalue weighted by Gasteiger charge is -2.26. The van der Waals surface area contributed by atoms with Crippen molar-refractivity contribution in [2.45, 2.75) is 39.9 Å². The minimum atomic E-state index is -0.540. The van der Waals surface area contributed by atoms with Crippen LogP contribution in [0.3, 0.4) is 0 Å². The summed E-state index contributed by atoms with van der Waals surface area (Å²) in [4.78, 5) is 17.6. The maximum Gasteiger partial charge on any atom is 0.434 e. The van der Waals surface area contributed by atoms with Crippen molar-refractivity contribution in [2.24, 2.45) is 0 Å². The maximum atomic E-state index is 12.0. The first-order valence-corrected chi connectivity index (χ1v) is 6.71. The number of benzene rings is 1. The molecule has 110 valence electrons. The zero-order chi connectivity index (χ0) is 15.0. The Kier molecular flexibility index (Phi) is 6.25. The number of hydroxylamine groups is 2. The molecule has 0 spiro atoms. The second kappa shape index (κ2) is 7.70. The van der Waals surface area contributed by atoms with Gasteiger partial charge in [0.25, 0.3) is 0 Å². The van der Waals surface area contributed by atoms with E-state index in [1.165, 1.54) is 5.06 Å². The van der Waals surface area contributed by atoms with Gasteiger partial charge >= 0.3 is 6.09 Å². The van der Waals surface area contributed by atoms with Crippen molar-refractivity contribution in [3.8, 4) is 0 Å². The molecule has 1 amide bonds. The predicted octanol–water partition coefficient (Wildman–Crippen LogP) is 3.93. The summed E-state index contributed by atoms with van der Waals surface area (Å²) in [7, 11) is 0. The monoisotopic (exact) mass is 277 g/mol. The fraction of sp³-hybridized carbons (Fsp3) is 0.438. The molecule has 0 aliphatic heterocycles. The second-order valence-electron chi connectivity index (χ2n) is 5.37. The highest BCUT2D eigenvalue weighted by Crippen LogP contribution is 2.11. The molecule has 0 aliphatic carbocycles. The lowest BCUT2D eigenvalue weighted by atomic mass is 10.2. The number of ether oxygens (including phenoxy) is 1. The van der Waals surface area contributed by atoms with E-state index < -0.39 is 11.7 Å². The van der Waals surface area contributed by atoms with Gasteiger partial charge in [-0.2, -0.15) is 5.06 Å². The van der Waals surface area contributed by atoms with E-state index >= 15 is 0 Å². The van der Waals surface area contributed by atoms with Gasteiger partial charge in [0.05, 0.1) is 6.54 Å². The summed E-state index contributed by atoms with van der Waals surface area (Å²) in [5, 5.41) is 1.23. The molecule has 0 aromatic heterocycles. The van der Waals surface area contributed by atoms with Crippen molar-refractivity contribution in [2.75, 3.05) is 6.54 Å². The summed E-state index contributed by atoms with van der Waals surface area (Å²) in [5.41, 5.74) is 0.461. The van der Waals surface area contributed by atoms with Crippen molar-refractivity contribution in [3.05, 3.63) is 48.0 Å². The highest BCUT2D eigenvalue weighted by Gasteiger charge is 2.22. The van der Waals surface area contributed by atoms with E-state index in [0.29, 0.717) is 13.2 Å². The Balaban J connectivity index is 2.62. The Labute approximate surface area is 120 Å². The molecular weight excluding hydrogens is 254 g/mol. The van der Waals surface area contributed by atoms with E-state index in [1.54, 1.807) is 0 Å². The molecule has 4 nitrogen and oxygen atoms in total. The number of carbonyl (C=O) groups excluding carboxylic acids is 1. The fourth-order valence-corrected chi connectivity index (χ4v) is 1.42. The maximum absolute atomic E-state index is 12.0. The van der Waals surface area contributed by atoms with Gasteiger partial charge in [0.15, 0.2) is 0 Å². The number of amides is 1. The van der Waals surface area contributed by atoms with Crippen LogP contribution >= 0.6 is 0 Å². The largest absolute Gasteiger partial charge is 0.442 e. The zero-order valence-electron chi connectivity index (χ0n) is 12.6. The number of hydrogen-bond donors (Lipinski definition) is 0. The third-order valence-corrected chi connectivity index (χ3v) is 2.33. The van der Waals surface area contributed by atoms with Crippen molar-refractivity contribution in [3.63, 3.8) is 0 Å². The predicted molar refractivity (Wildman–Crippen MR) is 79.0 cm³/mol. The van der Waals surface area contributed by atoms with Crippen LogP contribution in [0.5, 0.6) is 0 Å². The molecule has 0 saturated carbocycles. The number of allylic oxidation sites excluding steroid dienone is 1. The van der Waals surface area contributed by atoms with Gasteiger partial charge in [-0.05, 0) is 33.3 Å². The van der Waals surface area contributed by atoms with Crippen molar-refractivity contribution in [1.82, 2.24) is 5.06 Å². The minimum absolute atomic E-state index is 0.331. The van der Waals surface area contributed by atoms with E-state index in [2.05, 4.69) is 0 Å². The first kappa shape index (κ1) is 16.2. The molecule has 0 saturated heterocycles. The zero-order valence-corrected chi connectivity index (χ0v) is 12.6. The molecule has 0 aliphatic rings. The van der Waals surface area contributed by atoms with Gasteiger partial charge in [0, 0.05) is 0 Å². The van der Waals surface area contributed by atoms with Crippen molar-refractivity contribution < 1.29 is 14.4 Å². The van der Waals surface area contributed by atoms with E-state index in [1.807, 2.05) is 70.2 Å². The first-order chi connectivity index (χ1) is 9.42. The molecule has 1 aromatic rings. The van der Waals surface area contributed by atoms with E-state index in [9.17, 15) is 4.79 Å². The lowest BCUT2D eigenvalue weighted by molar-refractivity contribution is -0.149. The van der Waals surface area contributed by atoms with Crippen LogP contribution in [0.2, 0.25) is 0 Å². The third kappa shape index (κ3) is 6.38. The Hall–Kier alpha value is -1.81. The molecular formula is C16H23NO3. The van der Waals surface area contributed by atoms with Gasteiger partial charge in [-0.1, -0.05) is 42.5 Å². The summed E-state index contributed by atoms with van der Waals surface area (Å²) in [6.07, 6.45) is 3.23. The SMILES string of the molecule is C/C=C/CN(OCc1ccccc1)C(=O)OC(C)(C)C. The molecule has 0 bridgehead atoms. The highest BCUT2D eigenvalue weighted by molar-refractivity contribution is 5.67. The molecule has 0 N–H and O–H groups in total. The van der Waals surface area contributed by atoms with Gasteiger partial charge < -0.3 is 4.74 Å². The normalized spacial score (nSPS) is 11.6. The van der Waals surface area contributed by atoms with Crippen LogP contribution in [0.25, 0.3) is 0 Å². The Morgan fingerprint density at radius 2 is 1.90 bits per heavy atom. The van der Waals surface area contributed by atoms with Crippen LogP contribution in [0, 0.1) is 0 Å². The average molecular weight is 277 g/mol. The lowest BCUT2D eigenvalue weighted by Crippen LogP contribution is -2.36. The van der Waals surface area contributed by atoms with Gasteiger partial charge in [-0.25, -0.2) is 4.79 Å². The smallest absolute Gasteiger partial charge is 0.434 e. The van der Waals surface area contributed by atoms with Gasteiger partial charge in [0.1, 0.15) is 12.2 Å². The van der Waals surface area contributed by atoms with E-state index in [0.717, 1.165) is 5.56 Å². The second-order valence-corrected chi connectivity index (χ2v) is 5.37. The van der Waals surface area contributed by atoms with Crippen LogP contribution in [-0.4, -0.2) is 23.3 Å². The van der Waals surface area contributed by atoms with Crippen molar-refractivity contribution in [1.29, 1.82) is 0 Å². The molecule has 20 heavy (non-hydrogen) atoms. The molecule has 0 radical (unpaired) electrons. The average Bonchev–Trinajstić information content (AvgIpc) is 2.38. The number of nitrogens with zero attached hydrogens (tertiary/aromatic N) is 1. The summed E-state index contributed by atoms with van der Waals surface area (Å²) < 4.78 is 5.31. The summed E-state index contributed by atoms with van der Waals surface area (Å²) >= 11 is 0. The number of carbonyl (C=O) groups is 1.